The SMILES string of the molecule is O=Cc1c2cccc1-2. The first-order valence-electron chi connectivity index (χ1n) is 2.52. The van der Waals surface area contributed by atoms with Crippen molar-refractivity contribution in [3.63, 3.8) is 0 Å². The fraction of sp³-hybridized carbons (Fsp3) is 0. The van der Waals surface area contributed by atoms with Crippen LogP contribution in [0.2, 0.25) is 0 Å². The summed E-state index contributed by atoms with van der Waals surface area (Å²) in [5.41, 5.74) is 3.17. The van der Waals surface area contributed by atoms with Crippen molar-refractivity contribution in [3.05, 3.63) is 23.8 Å². The number of hydrogen-bond donors (Lipinski definition) is 0. The number of rotatable bonds is 1. The molecule has 0 amide bonds. The van der Waals surface area contributed by atoms with E-state index in [4.69, 9.17) is 0 Å². The molecule has 38 valence electrons. The zero-order chi connectivity index (χ0) is 5.56. The van der Waals surface area contributed by atoms with Crippen molar-refractivity contribution in [1.29, 1.82) is 0 Å². The normalized spacial score (nSPS) is 11.0. The van der Waals surface area contributed by atoms with E-state index in [1.807, 2.05) is 18.2 Å². The summed E-state index contributed by atoms with van der Waals surface area (Å²) in [4.78, 5) is 10.0. The predicted molar refractivity (Wildman–Crippen MR) is 30.8 cm³/mol. The average molecular weight is 104 g/mol. The molecule has 0 radical (unpaired) electrons. The minimum absolute atomic E-state index is 0.896. The predicted octanol–water partition coefficient (Wildman–Crippen LogP) is 1.48. The molecule has 1 nitrogen and oxygen atoms in total. The molecule has 0 saturated carbocycles. The molecule has 1 heteroatoms. The van der Waals surface area contributed by atoms with E-state index in [2.05, 4.69) is 0 Å². The Labute approximate surface area is 47.0 Å². The summed E-state index contributed by atoms with van der Waals surface area (Å²) < 4.78 is 0. The highest BCUT2D eigenvalue weighted by Gasteiger charge is 2.21. The third-order valence-electron chi connectivity index (χ3n) is 1.45. The van der Waals surface area contributed by atoms with E-state index in [9.17, 15) is 4.79 Å². The van der Waals surface area contributed by atoms with Gasteiger partial charge in [0.05, 0.1) is 0 Å². The van der Waals surface area contributed by atoms with Gasteiger partial charge in [0.2, 0.25) is 0 Å². The van der Waals surface area contributed by atoms with Gasteiger partial charge in [0.1, 0.15) is 0 Å². The first-order valence-corrected chi connectivity index (χ1v) is 2.52. The van der Waals surface area contributed by atoms with Crippen LogP contribution < -0.4 is 0 Å². The monoisotopic (exact) mass is 104 g/mol. The van der Waals surface area contributed by atoms with Gasteiger partial charge in [-0.1, -0.05) is 18.2 Å². The molecule has 0 aromatic heterocycles. The van der Waals surface area contributed by atoms with Gasteiger partial charge in [-0.25, -0.2) is 0 Å². The molecule has 0 heterocycles. The maximum atomic E-state index is 10.0. The van der Waals surface area contributed by atoms with Crippen LogP contribution in [0.3, 0.4) is 0 Å². The van der Waals surface area contributed by atoms with E-state index >= 15 is 0 Å². The van der Waals surface area contributed by atoms with Gasteiger partial charge in [-0.05, 0) is 11.1 Å². The van der Waals surface area contributed by atoms with Crippen molar-refractivity contribution in [3.8, 4) is 11.1 Å². The Kier molecular flexibility index (Phi) is 0.478. The van der Waals surface area contributed by atoms with Gasteiger partial charge in [0.25, 0.3) is 0 Å². The molecule has 2 aliphatic rings. The summed E-state index contributed by atoms with van der Waals surface area (Å²) in [6.07, 6.45) is 0.907. The number of carbonyl (C=O) groups excluding carboxylic acids is 1. The summed E-state index contributed by atoms with van der Waals surface area (Å²) in [5, 5.41) is 0. The van der Waals surface area contributed by atoms with Crippen molar-refractivity contribution in [1.82, 2.24) is 0 Å². The Morgan fingerprint density at radius 1 is 1.25 bits per heavy atom. The third kappa shape index (κ3) is 0.259. The van der Waals surface area contributed by atoms with E-state index < -0.39 is 0 Å². The van der Waals surface area contributed by atoms with Crippen LogP contribution in [0.4, 0.5) is 0 Å². The minimum atomic E-state index is 0.896. The van der Waals surface area contributed by atoms with Gasteiger partial charge in [0.15, 0.2) is 6.29 Å². The molecule has 0 N–H and O–H groups in total. The maximum Gasteiger partial charge on any atom is 0.151 e. The second-order valence-corrected chi connectivity index (χ2v) is 1.88. The average Bonchev–Trinajstić information content (AvgIpc) is 2.22. The lowest BCUT2D eigenvalue weighted by Crippen LogP contribution is -1.54. The highest BCUT2D eigenvalue weighted by molar-refractivity contribution is 6.07. The van der Waals surface area contributed by atoms with Crippen LogP contribution in [0, 0.1) is 0 Å². The van der Waals surface area contributed by atoms with Crippen molar-refractivity contribution < 1.29 is 4.79 Å². The van der Waals surface area contributed by atoms with Gasteiger partial charge >= 0.3 is 0 Å². The van der Waals surface area contributed by atoms with E-state index in [0.29, 0.717) is 0 Å². The van der Waals surface area contributed by atoms with Crippen LogP contribution in [0.1, 0.15) is 10.4 Å². The lowest BCUT2D eigenvalue weighted by Gasteiger charge is -1.58. The standard InChI is InChI=1S/C7H4O/c8-4-7-5-2-1-3-6(5)7/h1-4H. The molecule has 0 spiro atoms. The van der Waals surface area contributed by atoms with Gasteiger partial charge in [-0.2, -0.15) is 0 Å². The molecule has 0 aromatic carbocycles. The summed E-state index contributed by atoms with van der Waals surface area (Å²) in [5.74, 6) is 0. The van der Waals surface area contributed by atoms with Crippen LogP contribution in [0.5, 0.6) is 0 Å². The zero-order valence-electron chi connectivity index (χ0n) is 4.22. The Balaban J connectivity index is 2.63. The van der Waals surface area contributed by atoms with E-state index in [1.165, 1.54) is 0 Å². The van der Waals surface area contributed by atoms with E-state index in [1.54, 1.807) is 0 Å². The molecular formula is C7H4O. The molecular weight excluding hydrogens is 100 g/mol. The fourth-order valence-corrected chi connectivity index (χ4v) is 0.960. The molecule has 2 aliphatic carbocycles. The number of aldehydes is 1. The first kappa shape index (κ1) is 3.84. The summed E-state index contributed by atoms with van der Waals surface area (Å²) in [6.45, 7) is 0. The summed E-state index contributed by atoms with van der Waals surface area (Å²) in [6, 6.07) is 5.87. The van der Waals surface area contributed by atoms with Gasteiger partial charge in [-0.3, -0.25) is 4.79 Å². The number of fused-ring (bicyclic) bond motifs is 1. The second-order valence-electron chi connectivity index (χ2n) is 1.88. The van der Waals surface area contributed by atoms with Crippen LogP contribution >= 0.6 is 0 Å². The quantitative estimate of drug-likeness (QED) is 0.501. The lowest BCUT2D eigenvalue weighted by atomic mass is 10.5. The molecule has 0 fully saturated rings. The van der Waals surface area contributed by atoms with Crippen molar-refractivity contribution >= 4 is 6.29 Å². The molecule has 0 bridgehead atoms. The zero-order valence-corrected chi connectivity index (χ0v) is 4.22. The molecule has 0 aliphatic heterocycles. The Morgan fingerprint density at radius 2 is 1.88 bits per heavy atom. The van der Waals surface area contributed by atoms with Gasteiger partial charge in [-0.15, -0.1) is 0 Å². The smallest absolute Gasteiger partial charge is 0.151 e. The second kappa shape index (κ2) is 0.996. The van der Waals surface area contributed by atoms with Crippen LogP contribution in [0.15, 0.2) is 18.2 Å². The fourth-order valence-electron chi connectivity index (χ4n) is 0.960. The van der Waals surface area contributed by atoms with Crippen LogP contribution in [-0.4, -0.2) is 6.29 Å². The maximum absolute atomic E-state index is 10.0. The Hall–Kier alpha value is -1.11. The van der Waals surface area contributed by atoms with Crippen molar-refractivity contribution in [2.45, 2.75) is 0 Å². The number of hydrogen-bond acceptors (Lipinski definition) is 1. The topological polar surface area (TPSA) is 17.1 Å². The first-order chi connectivity index (χ1) is 3.93. The van der Waals surface area contributed by atoms with E-state index in [0.717, 1.165) is 23.0 Å². The molecule has 0 atom stereocenters. The van der Waals surface area contributed by atoms with Gasteiger partial charge in [0, 0.05) is 5.56 Å². The molecule has 8 heavy (non-hydrogen) atoms. The minimum Gasteiger partial charge on any atom is -0.298 e. The molecule has 0 saturated heterocycles. The summed E-state index contributed by atoms with van der Waals surface area (Å²) >= 11 is 0. The third-order valence-corrected chi connectivity index (χ3v) is 1.45. The van der Waals surface area contributed by atoms with Crippen molar-refractivity contribution in [2.24, 2.45) is 0 Å². The molecule has 0 unspecified atom stereocenters. The largest absolute Gasteiger partial charge is 0.298 e. The van der Waals surface area contributed by atoms with E-state index in [-0.39, 0.29) is 0 Å². The Morgan fingerprint density at radius 3 is 2.25 bits per heavy atom. The lowest BCUT2D eigenvalue weighted by molar-refractivity contribution is 0.112. The van der Waals surface area contributed by atoms with Crippen molar-refractivity contribution in [2.75, 3.05) is 0 Å². The van der Waals surface area contributed by atoms with Crippen LogP contribution in [-0.2, 0) is 0 Å². The highest BCUT2D eigenvalue weighted by atomic mass is 16.1. The summed E-state index contributed by atoms with van der Waals surface area (Å²) in [7, 11) is 0. The number of carbonyl (C=O) groups is 1. The number of benzene rings is 1. The molecule has 2 rings (SSSR count). The van der Waals surface area contributed by atoms with Crippen LogP contribution in [0.25, 0.3) is 11.1 Å². The molecule has 0 aromatic rings. The Bertz CT molecular complexity index is 230. The van der Waals surface area contributed by atoms with Gasteiger partial charge < -0.3 is 0 Å². The highest BCUT2D eigenvalue weighted by Crippen LogP contribution is 2.40.